The molecule has 0 radical (unpaired) electrons. The number of nitriles is 1. The van der Waals surface area contributed by atoms with Gasteiger partial charge in [-0.3, -0.25) is 10.1 Å². The zero-order valence-corrected chi connectivity index (χ0v) is 8.01. The van der Waals surface area contributed by atoms with E-state index >= 15 is 0 Å². The average molecular weight is 214 g/mol. The fourth-order valence-corrected chi connectivity index (χ4v) is 1.21. The minimum atomic E-state index is -0.465. The molecule has 7 nitrogen and oxygen atoms in total. The second-order valence-corrected chi connectivity index (χ2v) is 2.88. The lowest BCUT2D eigenvalue weighted by molar-refractivity contribution is 0.0973. The normalized spacial score (nSPS) is 9.44. The van der Waals surface area contributed by atoms with Crippen molar-refractivity contribution in [2.75, 3.05) is 0 Å². The van der Waals surface area contributed by atoms with Crippen molar-refractivity contribution in [3.05, 3.63) is 29.8 Å². The molecule has 0 aliphatic heterocycles. The Morgan fingerprint density at radius 1 is 1.50 bits per heavy atom. The molecule has 7 heteroatoms. The van der Waals surface area contributed by atoms with Crippen LogP contribution in [0.2, 0.25) is 0 Å². The number of aromatic amines is 1. The van der Waals surface area contributed by atoms with Crippen molar-refractivity contribution in [2.45, 2.75) is 0 Å². The summed E-state index contributed by atoms with van der Waals surface area (Å²) in [5, 5.41) is 23.7. The molecular formula is C9H6N6O. The van der Waals surface area contributed by atoms with Crippen LogP contribution in [-0.2, 0) is 0 Å². The Labute approximate surface area is 90.1 Å². The van der Waals surface area contributed by atoms with Crippen molar-refractivity contribution >= 4 is 5.91 Å². The maximum atomic E-state index is 11.4. The number of nitrogens with one attached hydrogen (secondary N) is 2. The first-order chi connectivity index (χ1) is 7.81. The van der Waals surface area contributed by atoms with Gasteiger partial charge in [-0.05, 0) is 17.3 Å². The van der Waals surface area contributed by atoms with Crippen LogP contribution in [0.4, 0.5) is 0 Å². The highest BCUT2D eigenvalue weighted by atomic mass is 16.1. The Hall–Kier alpha value is -2.75. The van der Waals surface area contributed by atoms with E-state index in [1.807, 2.05) is 5.32 Å². The summed E-state index contributed by atoms with van der Waals surface area (Å²) >= 11 is 0. The minimum absolute atomic E-state index is 0.365. The van der Waals surface area contributed by atoms with Gasteiger partial charge in [0.05, 0.1) is 0 Å². The third-order valence-electron chi connectivity index (χ3n) is 1.90. The van der Waals surface area contributed by atoms with E-state index in [0.29, 0.717) is 17.0 Å². The van der Waals surface area contributed by atoms with Crippen molar-refractivity contribution in [1.29, 1.82) is 5.26 Å². The van der Waals surface area contributed by atoms with Gasteiger partial charge < -0.3 is 0 Å². The van der Waals surface area contributed by atoms with Gasteiger partial charge in [0, 0.05) is 11.1 Å². The first-order valence-electron chi connectivity index (χ1n) is 4.34. The third-order valence-corrected chi connectivity index (χ3v) is 1.90. The molecule has 1 heterocycles. The summed E-state index contributed by atoms with van der Waals surface area (Å²) in [7, 11) is 0. The van der Waals surface area contributed by atoms with Crippen LogP contribution in [0.5, 0.6) is 0 Å². The second-order valence-electron chi connectivity index (χ2n) is 2.88. The molecule has 78 valence electrons. The van der Waals surface area contributed by atoms with Crippen LogP contribution in [0.15, 0.2) is 24.3 Å². The molecule has 0 fully saturated rings. The Bertz CT molecular complexity index is 541. The van der Waals surface area contributed by atoms with Crippen molar-refractivity contribution in [3.8, 4) is 17.6 Å². The fourth-order valence-electron chi connectivity index (χ4n) is 1.21. The monoisotopic (exact) mass is 214 g/mol. The molecule has 0 unspecified atom stereocenters. The topological polar surface area (TPSA) is 107 Å². The second kappa shape index (κ2) is 4.18. The van der Waals surface area contributed by atoms with Gasteiger partial charge in [0.2, 0.25) is 5.82 Å². The predicted octanol–water partition coefficient (Wildman–Crippen LogP) is 0.0776. The van der Waals surface area contributed by atoms with Crippen molar-refractivity contribution in [3.63, 3.8) is 0 Å². The molecule has 1 aromatic carbocycles. The first kappa shape index (κ1) is 9.79. The van der Waals surface area contributed by atoms with Gasteiger partial charge in [0.15, 0.2) is 6.19 Å². The maximum Gasteiger partial charge on any atom is 0.264 e. The molecule has 0 atom stereocenters. The molecule has 16 heavy (non-hydrogen) atoms. The van der Waals surface area contributed by atoms with Gasteiger partial charge in [0.25, 0.3) is 5.91 Å². The number of carbonyl (C=O) groups is 1. The Balaban J connectivity index is 2.34. The van der Waals surface area contributed by atoms with Crippen LogP contribution in [0.25, 0.3) is 11.4 Å². The molecule has 2 N–H and O–H groups in total. The Morgan fingerprint density at radius 2 is 2.38 bits per heavy atom. The first-order valence-corrected chi connectivity index (χ1v) is 4.34. The molecule has 2 rings (SSSR count). The zero-order chi connectivity index (χ0) is 11.4. The van der Waals surface area contributed by atoms with E-state index in [4.69, 9.17) is 5.26 Å². The maximum absolute atomic E-state index is 11.4. The van der Waals surface area contributed by atoms with Crippen LogP contribution in [0.3, 0.4) is 0 Å². The molecule has 0 saturated carbocycles. The van der Waals surface area contributed by atoms with Crippen molar-refractivity contribution in [2.24, 2.45) is 0 Å². The van der Waals surface area contributed by atoms with Crippen LogP contribution < -0.4 is 5.32 Å². The highest BCUT2D eigenvalue weighted by Crippen LogP contribution is 2.14. The minimum Gasteiger partial charge on any atom is -0.268 e. The molecule has 0 saturated heterocycles. The summed E-state index contributed by atoms with van der Waals surface area (Å²) in [5.41, 5.74) is 1.02. The van der Waals surface area contributed by atoms with Crippen LogP contribution >= 0.6 is 0 Å². The predicted molar refractivity (Wildman–Crippen MR) is 52.7 cm³/mol. The van der Waals surface area contributed by atoms with Crippen LogP contribution in [0.1, 0.15) is 10.4 Å². The summed E-state index contributed by atoms with van der Waals surface area (Å²) in [5.74, 6) is -0.0700. The van der Waals surface area contributed by atoms with E-state index in [9.17, 15) is 4.79 Å². The highest BCUT2D eigenvalue weighted by molar-refractivity contribution is 5.96. The molecule has 2 aromatic rings. The van der Waals surface area contributed by atoms with Gasteiger partial charge in [-0.2, -0.15) is 10.5 Å². The van der Waals surface area contributed by atoms with Crippen LogP contribution in [-0.4, -0.2) is 26.5 Å². The molecule has 0 aliphatic rings. The lowest BCUT2D eigenvalue weighted by atomic mass is 10.1. The number of tetrazole rings is 1. The van der Waals surface area contributed by atoms with E-state index in [1.165, 1.54) is 0 Å². The van der Waals surface area contributed by atoms with E-state index in [1.54, 1.807) is 30.5 Å². The van der Waals surface area contributed by atoms with Gasteiger partial charge in [-0.15, -0.1) is 10.2 Å². The van der Waals surface area contributed by atoms with Gasteiger partial charge in [-0.1, -0.05) is 12.1 Å². The van der Waals surface area contributed by atoms with Crippen molar-refractivity contribution < 1.29 is 4.79 Å². The highest BCUT2D eigenvalue weighted by Gasteiger charge is 2.08. The largest absolute Gasteiger partial charge is 0.268 e. The summed E-state index contributed by atoms with van der Waals surface area (Å²) < 4.78 is 0. The number of hydrogen-bond acceptors (Lipinski definition) is 5. The molecule has 1 amide bonds. The summed E-state index contributed by atoms with van der Waals surface area (Å²) in [6.45, 7) is 0. The van der Waals surface area contributed by atoms with Gasteiger partial charge >= 0.3 is 0 Å². The zero-order valence-electron chi connectivity index (χ0n) is 8.01. The summed E-state index contributed by atoms with van der Waals surface area (Å²) in [6, 6.07) is 6.60. The molecule has 0 aliphatic carbocycles. The number of carbonyl (C=O) groups excluding carboxylic acids is 1. The average Bonchev–Trinajstić information content (AvgIpc) is 2.83. The number of aromatic nitrogens is 4. The molecule has 0 bridgehead atoms. The third kappa shape index (κ3) is 1.85. The molecule has 0 spiro atoms. The Kier molecular flexibility index (Phi) is 2.56. The quantitative estimate of drug-likeness (QED) is 0.543. The standard InChI is InChI=1S/C9H6N6O/c10-5-11-9(16)7-3-1-2-6(4-7)8-12-14-15-13-8/h1-4H,(H,11,16)(H,12,13,14,15). The Morgan fingerprint density at radius 3 is 3.06 bits per heavy atom. The van der Waals surface area contributed by atoms with E-state index in [2.05, 4.69) is 20.6 Å². The number of amides is 1. The summed E-state index contributed by atoms with van der Waals surface area (Å²) in [4.78, 5) is 11.4. The van der Waals surface area contributed by atoms with E-state index < -0.39 is 5.91 Å². The van der Waals surface area contributed by atoms with Crippen LogP contribution in [0, 0.1) is 11.5 Å². The van der Waals surface area contributed by atoms with E-state index in [0.717, 1.165) is 0 Å². The van der Waals surface area contributed by atoms with E-state index in [-0.39, 0.29) is 0 Å². The van der Waals surface area contributed by atoms with Gasteiger partial charge in [0.1, 0.15) is 0 Å². The summed E-state index contributed by atoms with van der Waals surface area (Å²) in [6.07, 6.45) is 1.57. The number of benzene rings is 1. The molecular weight excluding hydrogens is 208 g/mol. The number of hydrogen-bond donors (Lipinski definition) is 2. The number of rotatable bonds is 2. The SMILES string of the molecule is N#CNC(=O)c1cccc(-c2nn[nH]n2)c1. The lowest BCUT2D eigenvalue weighted by Crippen LogP contribution is -2.17. The molecule has 1 aromatic heterocycles. The number of nitrogens with zero attached hydrogens (tertiary/aromatic N) is 4. The lowest BCUT2D eigenvalue weighted by Gasteiger charge is -1.99. The smallest absolute Gasteiger partial charge is 0.264 e. The van der Waals surface area contributed by atoms with Gasteiger partial charge in [-0.25, -0.2) is 0 Å². The fraction of sp³-hybridized carbons (Fsp3) is 0. The van der Waals surface area contributed by atoms with Crippen molar-refractivity contribution in [1.82, 2.24) is 25.9 Å². The number of H-pyrrole nitrogens is 1.